The number of rotatable bonds is 8. The van der Waals surface area contributed by atoms with Gasteiger partial charge >= 0.3 is 5.69 Å². The van der Waals surface area contributed by atoms with E-state index >= 15 is 0 Å². The average molecular weight is 381 g/mol. The summed E-state index contributed by atoms with van der Waals surface area (Å²) in [5, 5.41) is 14.3. The summed E-state index contributed by atoms with van der Waals surface area (Å²) in [6, 6.07) is 1.31. The highest BCUT2D eigenvalue weighted by Crippen LogP contribution is 2.46. The van der Waals surface area contributed by atoms with Gasteiger partial charge in [0.2, 0.25) is 11.5 Å². The van der Waals surface area contributed by atoms with E-state index in [0.29, 0.717) is 13.1 Å². The Labute approximate surface area is 158 Å². The number of hydrogen-bond donors (Lipinski definition) is 1. The van der Waals surface area contributed by atoms with Crippen LogP contribution in [0.4, 0.5) is 5.69 Å². The molecule has 1 aromatic carbocycles. The van der Waals surface area contributed by atoms with Gasteiger partial charge in [-0.3, -0.25) is 14.9 Å². The fourth-order valence-electron chi connectivity index (χ4n) is 3.28. The van der Waals surface area contributed by atoms with Gasteiger partial charge in [0.15, 0.2) is 5.75 Å². The molecule has 1 N–H and O–H groups in total. The number of amides is 1. The highest BCUT2D eigenvalue weighted by molar-refractivity contribution is 6.00. The molecule has 0 bridgehead atoms. The van der Waals surface area contributed by atoms with Gasteiger partial charge in [-0.15, -0.1) is 0 Å². The number of benzene rings is 1. The molecule has 0 spiro atoms. The standard InChI is InChI=1S/C18H27N3O6/c1-25-14-12-13(15(21(23)24)17(27-3)16(14)26-2)18(22)19-8-11-20-9-6-4-5-7-10-20/h12H,4-11H2,1-3H3,(H,19,22). The maximum Gasteiger partial charge on any atom is 0.327 e. The Morgan fingerprint density at radius 1 is 1.11 bits per heavy atom. The Hall–Kier alpha value is -2.55. The molecule has 1 amide bonds. The van der Waals surface area contributed by atoms with Crippen molar-refractivity contribution < 1.29 is 23.9 Å². The molecule has 0 atom stereocenters. The van der Waals surface area contributed by atoms with E-state index in [4.69, 9.17) is 14.2 Å². The molecule has 0 radical (unpaired) electrons. The molecular weight excluding hydrogens is 354 g/mol. The van der Waals surface area contributed by atoms with Crippen LogP contribution >= 0.6 is 0 Å². The van der Waals surface area contributed by atoms with Gasteiger partial charge in [0.1, 0.15) is 5.56 Å². The summed E-state index contributed by atoms with van der Waals surface area (Å²) >= 11 is 0. The Balaban J connectivity index is 2.19. The largest absolute Gasteiger partial charge is 0.493 e. The minimum absolute atomic E-state index is 0.0767. The summed E-state index contributed by atoms with van der Waals surface area (Å²) < 4.78 is 15.5. The van der Waals surface area contributed by atoms with Crippen molar-refractivity contribution in [2.24, 2.45) is 0 Å². The van der Waals surface area contributed by atoms with Gasteiger partial charge < -0.3 is 24.4 Å². The third-order valence-electron chi connectivity index (χ3n) is 4.64. The van der Waals surface area contributed by atoms with Gasteiger partial charge in [-0.05, 0) is 25.9 Å². The fourth-order valence-corrected chi connectivity index (χ4v) is 3.28. The van der Waals surface area contributed by atoms with Crippen molar-refractivity contribution in [2.75, 3.05) is 47.5 Å². The number of nitro groups is 1. The van der Waals surface area contributed by atoms with Crippen LogP contribution in [0, 0.1) is 10.1 Å². The van der Waals surface area contributed by atoms with E-state index in [1.165, 1.54) is 40.2 Å². The summed E-state index contributed by atoms with van der Waals surface area (Å²) in [5.74, 6) is -0.416. The first-order valence-corrected chi connectivity index (χ1v) is 9.01. The van der Waals surface area contributed by atoms with Crippen molar-refractivity contribution >= 4 is 11.6 Å². The van der Waals surface area contributed by atoms with Crippen molar-refractivity contribution in [2.45, 2.75) is 25.7 Å². The summed E-state index contributed by atoms with van der Waals surface area (Å²) in [5.41, 5.74) is -0.562. The normalized spacial score (nSPS) is 14.9. The van der Waals surface area contributed by atoms with Crippen molar-refractivity contribution in [1.82, 2.24) is 10.2 Å². The number of likely N-dealkylation sites (tertiary alicyclic amines) is 1. The zero-order valence-electron chi connectivity index (χ0n) is 16.1. The number of nitrogens with one attached hydrogen (secondary N) is 1. The lowest BCUT2D eigenvalue weighted by Crippen LogP contribution is -2.35. The second-order valence-corrected chi connectivity index (χ2v) is 6.31. The number of ether oxygens (including phenoxy) is 3. The van der Waals surface area contributed by atoms with Crippen LogP contribution in [0.2, 0.25) is 0 Å². The maximum absolute atomic E-state index is 12.6. The van der Waals surface area contributed by atoms with Crippen molar-refractivity contribution in [3.8, 4) is 17.2 Å². The van der Waals surface area contributed by atoms with E-state index in [0.717, 1.165) is 25.9 Å². The van der Waals surface area contributed by atoms with Crippen LogP contribution in [0.1, 0.15) is 36.0 Å². The van der Waals surface area contributed by atoms with Crippen LogP contribution in [-0.2, 0) is 0 Å². The molecule has 1 aliphatic heterocycles. The number of hydrogen-bond acceptors (Lipinski definition) is 7. The van der Waals surface area contributed by atoms with E-state index in [1.54, 1.807) is 0 Å². The highest BCUT2D eigenvalue weighted by atomic mass is 16.6. The van der Waals surface area contributed by atoms with Gasteiger partial charge in [0.25, 0.3) is 5.91 Å². The monoisotopic (exact) mass is 381 g/mol. The molecule has 0 aromatic heterocycles. The number of methoxy groups -OCH3 is 3. The lowest BCUT2D eigenvalue weighted by molar-refractivity contribution is -0.386. The fraction of sp³-hybridized carbons (Fsp3) is 0.611. The number of carbonyl (C=O) groups excluding carboxylic acids is 1. The molecule has 27 heavy (non-hydrogen) atoms. The third kappa shape index (κ3) is 5.00. The quantitative estimate of drug-likeness (QED) is 0.544. The molecule has 1 aromatic rings. The topological polar surface area (TPSA) is 103 Å². The van der Waals surface area contributed by atoms with Crippen LogP contribution in [-0.4, -0.2) is 63.2 Å². The van der Waals surface area contributed by atoms with Crippen LogP contribution in [0.3, 0.4) is 0 Å². The Bertz CT molecular complexity index is 672. The molecule has 0 saturated carbocycles. The summed E-state index contributed by atoms with van der Waals surface area (Å²) in [4.78, 5) is 25.9. The third-order valence-corrected chi connectivity index (χ3v) is 4.64. The molecule has 150 valence electrons. The van der Waals surface area contributed by atoms with Crippen LogP contribution in [0.15, 0.2) is 6.07 Å². The molecular formula is C18H27N3O6. The number of carbonyl (C=O) groups is 1. The molecule has 0 unspecified atom stereocenters. The van der Waals surface area contributed by atoms with Crippen LogP contribution < -0.4 is 19.5 Å². The average Bonchev–Trinajstić information content (AvgIpc) is 2.94. The second-order valence-electron chi connectivity index (χ2n) is 6.31. The molecule has 2 rings (SSSR count). The predicted molar refractivity (Wildman–Crippen MR) is 100.0 cm³/mol. The summed E-state index contributed by atoms with van der Waals surface area (Å²) in [6.07, 6.45) is 4.79. The zero-order chi connectivity index (χ0) is 19.8. The van der Waals surface area contributed by atoms with Gasteiger partial charge in [0.05, 0.1) is 26.3 Å². The molecule has 1 fully saturated rings. The van der Waals surface area contributed by atoms with Crippen molar-refractivity contribution in [3.63, 3.8) is 0 Å². The van der Waals surface area contributed by atoms with Gasteiger partial charge in [-0.1, -0.05) is 12.8 Å². The number of nitro benzene ring substituents is 1. The SMILES string of the molecule is COc1cc(C(=O)NCCN2CCCCCC2)c([N+](=O)[O-])c(OC)c1OC. The maximum atomic E-state index is 12.6. The first-order chi connectivity index (χ1) is 13.0. The van der Waals surface area contributed by atoms with E-state index in [1.807, 2.05) is 0 Å². The van der Waals surface area contributed by atoms with Crippen molar-refractivity contribution in [1.29, 1.82) is 0 Å². The predicted octanol–water partition coefficient (Wildman–Crippen LogP) is 2.23. The molecule has 9 heteroatoms. The van der Waals surface area contributed by atoms with E-state index in [2.05, 4.69) is 10.2 Å². The first kappa shape index (κ1) is 20.8. The molecule has 1 heterocycles. The lowest BCUT2D eigenvalue weighted by Gasteiger charge is -2.20. The molecule has 1 saturated heterocycles. The van der Waals surface area contributed by atoms with Gasteiger partial charge in [-0.2, -0.15) is 0 Å². The highest BCUT2D eigenvalue weighted by Gasteiger charge is 2.32. The Kier molecular flexibility index (Phi) is 7.66. The second kappa shape index (κ2) is 9.96. The lowest BCUT2D eigenvalue weighted by atomic mass is 10.1. The van der Waals surface area contributed by atoms with E-state index in [-0.39, 0.29) is 22.8 Å². The minimum atomic E-state index is -0.648. The smallest absolute Gasteiger partial charge is 0.327 e. The van der Waals surface area contributed by atoms with E-state index < -0.39 is 16.5 Å². The molecule has 9 nitrogen and oxygen atoms in total. The first-order valence-electron chi connectivity index (χ1n) is 9.01. The minimum Gasteiger partial charge on any atom is -0.493 e. The summed E-state index contributed by atoms with van der Waals surface area (Å²) in [7, 11) is 4.03. The van der Waals surface area contributed by atoms with Crippen molar-refractivity contribution in [3.05, 3.63) is 21.7 Å². The van der Waals surface area contributed by atoms with Gasteiger partial charge in [0, 0.05) is 19.2 Å². The molecule has 1 aliphatic rings. The number of nitrogens with zero attached hydrogens (tertiary/aromatic N) is 2. The van der Waals surface area contributed by atoms with Crippen LogP contribution in [0.25, 0.3) is 0 Å². The Morgan fingerprint density at radius 2 is 1.74 bits per heavy atom. The van der Waals surface area contributed by atoms with Gasteiger partial charge in [-0.25, -0.2) is 0 Å². The van der Waals surface area contributed by atoms with Crippen LogP contribution in [0.5, 0.6) is 17.2 Å². The molecule has 0 aliphatic carbocycles. The Morgan fingerprint density at radius 3 is 2.26 bits per heavy atom. The zero-order valence-corrected chi connectivity index (χ0v) is 16.1. The summed E-state index contributed by atoms with van der Waals surface area (Å²) in [6.45, 7) is 3.15. The van der Waals surface area contributed by atoms with E-state index in [9.17, 15) is 14.9 Å².